The molecule has 0 radical (unpaired) electrons. The van der Waals surface area contributed by atoms with E-state index in [0.717, 1.165) is 5.56 Å². The Labute approximate surface area is 275 Å². The van der Waals surface area contributed by atoms with E-state index < -0.39 is 55.0 Å². The zero-order valence-corrected chi connectivity index (χ0v) is 27.7. The molecule has 0 fully saturated rings. The molecule has 0 bridgehead atoms. The number of hydrogen-bond acceptors (Lipinski definition) is 6. The topological polar surface area (TPSA) is 177 Å². The maximum atomic E-state index is 13.8. The first-order chi connectivity index (χ1) is 22.4. The number of nitrogens with one attached hydrogen (secondary N) is 3. The predicted molar refractivity (Wildman–Crippen MR) is 182 cm³/mol. The minimum Gasteiger partial charge on any atom is -0.497 e. The summed E-state index contributed by atoms with van der Waals surface area (Å²) >= 11 is 0. The summed E-state index contributed by atoms with van der Waals surface area (Å²) in [5.41, 5.74) is 7.35. The number of methoxy groups -OCH3 is 1. The smallest absolute Gasteiger partial charge is 0.252 e. The Kier molecular flexibility index (Phi) is 13.9. The van der Waals surface area contributed by atoms with Gasteiger partial charge in [0.15, 0.2) is 0 Å². The summed E-state index contributed by atoms with van der Waals surface area (Å²) in [4.78, 5) is 63.1. The van der Waals surface area contributed by atoms with E-state index in [-0.39, 0.29) is 30.7 Å². The average molecular weight is 663 g/mol. The van der Waals surface area contributed by atoms with Gasteiger partial charge in [-0.15, -0.1) is 0 Å². The lowest BCUT2D eigenvalue weighted by Gasteiger charge is -2.26. The van der Waals surface area contributed by atoms with Gasteiger partial charge in [-0.3, -0.25) is 23.7 Å². The number of ether oxygens (including phenoxy) is 1. The van der Waals surface area contributed by atoms with E-state index in [0.29, 0.717) is 11.3 Å². The molecule has 12 heteroatoms. The highest BCUT2D eigenvalue weighted by atomic mass is 31.2. The summed E-state index contributed by atoms with van der Waals surface area (Å²) in [6.45, 7) is 3.70. The van der Waals surface area contributed by atoms with Crippen LogP contribution in [-0.2, 0) is 25.4 Å². The quantitative estimate of drug-likeness (QED) is 0.136. The first-order valence-electron chi connectivity index (χ1n) is 15.3. The molecule has 3 aromatic carbocycles. The number of carbonyl (C=O) groups is 4. The van der Waals surface area contributed by atoms with Gasteiger partial charge in [0.25, 0.3) is 5.91 Å². The molecule has 0 heterocycles. The molecule has 47 heavy (non-hydrogen) atoms. The van der Waals surface area contributed by atoms with Crippen molar-refractivity contribution in [2.24, 2.45) is 11.7 Å². The van der Waals surface area contributed by atoms with Crippen LogP contribution in [0, 0.1) is 5.92 Å². The van der Waals surface area contributed by atoms with Crippen LogP contribution in [0.25, 0.3) is 6.08 Å². The van der Waals surface area contributed by atoms with Crippen molar-refractivity contribution in [2.75, 3.05) is 13.3 Å². The van der Waals surface area contributed by atoms with Crippen molar-refractivity contribution >= 4 is 37.1 Å². The van der Waals surface area contributed by atoms with E-state index in [9.17, 15) is 28.6 Å². The SMILES string of the molecule is COc1cccc(C(=O)NC(Cc2ccccc2)P(=O)(O)CC(=O)N[C@@H](CC(C)C)C(=O)N[C@@H](C/C=C/c2ccccc2)C(N)=O)c1. The molecule has 0 aliphatic carbocycles. The molecule has 0 spiro atoms. The molecule has 0 saturated carbocycles. The molecule has 0 saturated heterocycles. The summed E-state index contributed by atoms with van der Waals surface area (Å²) in [5, 5.41) is 7.81. The molecule has 4 amide bonds. The Balaban J connectivity index is 1.74. The van der Waals surface area contributed by atoms with Crippen molar-refractivity contribution in [3.8, 4) is 5.75 Å². The molecule has 4 atom stereocenters. The monoisotopic (exact) mass is 662 g/mol. The highest BCUT2D eigenvalue weighted by molar-refractivity contribution is 7.59. The molecular formula is C35H43N4O7P. The third kappa shape index (κ3) is 12.2. The van der Waals surface area contributed by atoms with Gasteiger partial charge < -0.3 is 31.3 Å². The number of primary amides is 1. The molecule has 0 aliphatic rings. The molecule has 6 N–H and O–H groups in total. The van der Waals surface area contributed by atoms with Gasteiger partial charge in [-0.25, -0.2) is 0 Å². The second-order valence-corrected chi connectivity index (χ2v) is 14.0. The highest BCUT2D eigenvalue weighted by Gasteiger charge is 2.36. The Morgan fingerprint density at radius 1 is 0.894 bits per heavy atom. The molecule has 11 nitrogen and oxygen atoms in total. The second kappa shape index (κ2) is 17.8. The molecule has 250 valence electrons. The van der Waals surface area contributed by atoms with Gasteiger partial charge in [-0.2, -0.15) is 0 Å². The Hall–Kier alpha value is -4.73. The molecular weight excluding hydrogens is 619 g/mol. The van der Waals surface area contributed by atoms with Crippen LogP contribution >= 0.6 is 7.37 Å². The van der Waals surface area contributed by atoms with E-state index in [1.807, 2.05) is 44.2 Å². The summed E-state index contributed by atoms with van der Waals surface area (Å²) in [6, 6.07) is 22.4. The maximum Gasteiger partial charge on any atom is 0.252 e. The van der Waals surface area contributed by atoms with E-state index >= 15 is 0 Å². The van der Waals surface area contributed by atoms with Crippen LogP contribution in [0.4, 0.5) is 0 Å². The van der Waals surface area contributed by atoms with E-state index in [1.54, 1.807) is 60.7 Å². The lowest BCUT2D eigenvalue weighted by Crippen LogP contribution is -2.53. The van der Waals surface area contributed by atoms with Gasteiger partial charge in [0.2, 0.25) is 25.1 Å². The van der Waals surface area contributed by atoms with Gasteiger partial charge in [0.1, 0.15) is 29.8 Å². The fraction of sp³-hybridized carbons (Fsp3) is 0.314. The summed E-state index contributed by atoms with van der Waals surface area (Å²) < 4.78 is 19.0. The van der Waals surface area contributed by atoms with Crippen LogP contribution in [-0.4, -0.2) is 59.7 Å². The minimum atomic E-state index is -4.42. The number of rotatable bonds is 17. The largest absolute Gasteiger partial charge is 0.497 e. The molecule has 0 aromatic heterocycles. The van der Waals surface area contributed by atoms with Crippen molar-refractivity contribution in [1.29, 1.82) is 0 Å². The maximum absolute atomic E-state index is 13.8. The Morgan fingerprint density at radius 3 is 2.17 bits per heavy atom. The normalized spacial score (nSPS) is 14.4. The summed E-state index contributed by atoms with van der Waals surface area (Å²) in [7, 11) is -2.96. The Bertz CT molecular complexity index is 1580. The lowest BCUT2D eigenvalue weighted by atomic mass is 10.0. The van der Waals surface area contributed by atoms with E-state index in [4.69, 9.17) is 10.5 Å². The number of hydrogen-bond donors (Lipinski definition) is 5. The van der Waals surface area contributed by atoms with Crippen molar-refractivity contribution in [3.05, 3.63) is 108 Å². The summed E-state index contributed by atoms with van der Waals surface area (Å²) in [5.74, 6) is -3.80. The number of carbonyl (C=O) groups excluding carboxylic acids is 4. The van der Waals surface area contributed by atoms with Crippen LogP contribution < -0.4 is 26.4 Å². The third-order valence-electron chi connectivity index (χ3n) is 7.26. The van der Waals surface area contributed by atoms with Crippen molar-refractivity contribution < 1.29 is 33.4 Å². The van der Waals surface area contributed by atoms with Crippen LogP contribution in [0.15, 0.2) is 91.0 Å². The van der Waals surface area contributed by atoms with Gasteiger partial charge in [0, 0.05) is 12.0 Å². The lowest BCUT2D eigenvalue weighted by molar-refractivity contribution is -0.131. The number of nitrogens with two attached hydrogens (primary N) is 1. The molecule has 3 rings (SSSR count). The number of benzene rings is 3. The molecule has 3 aromatic rings. The van der Waals surface area contributed by atoms with Gasteiger partial charge in [-0.05, 0) is 48.1 Å². The molecule has 0 aliphatic heterocycles. The minimum absolute atomic E-state index is 0.0235. The van der Waals surface area contributed by atoms with E-state index in [2.05, 4.69) is 16.0 Å². The fourth-order valence-corrected chi connectivity index (χ4v) is 6.35. The second-order valence-electron chi connectivity index (χ2n) is 11.6. The summed E-state index contributed by atoms with van der Waals surface area (Å²) in [6.07, 6.45) is 2.95. The van der Waals surface area contributed by atoms with Crippen molar-refractivity contribution in [2.45, 2.75) is 51.0 Å². The average Bonchev–Trinajstić information content (AvgIpc) is 3.04. The number of amides is 4. The predicted octanol–water partition coefficient (Wildman–Crippen LogP) is 3.87. The van der Waals surface area contributed by atoms with Gasteiger partial charge >= 0.3 is 0 Å². The zero-order valence-electron chi connectivity index (χ0n) is 26.8. The highest BCUT2D eigenvalue weighted by Crippen LogP contribution is 2.46. The van der Waals surface area contributed by atoms with Gasteiger partial charge in [-0.1, -0.05) is 92.7 Å². The van der Waals surface area contributed by atoms with Crippen LogP contribution in [0.5, 0.6) is 5.75 Å². The van der Waals surface area contributed by atoms with Crippen LogP contribution in [0.3, 0.4) is 0 Å². The standard InChI is InChI=1S/C35H43N4O7P/c1-24(2)20-30(35(43)38-29(33(36)41)19-10-16-25-12-6-4-7-13-25)37-31(40)23-47(44,45)32(21-26-14-8-5-9-15-26)39-34(42)27-17-11-18-28(22-27)46-3/h4-18,22,24,29-30,32H,19-21,23H2,1-3H3,(H2,36,41)(H,37,40)(H,38,43)(H,39,42)(H,44,45)/b16-10+/t29-,30-,32?/m0/s1. The van der Waals surface area contributed by atoms with Crippen LogP contribution in [0.2, 0.25) is 0 Å². The Morgan fingerprint density at radius 2 is 1.55 bits per heavy atom. The van der Waals surface area contributed by atoms with Crippen molar-refractivity contribution in [3.63, 3.8) is 0 Å². The first-order valence-corrected chi connectivity index (χ1v) is 17.2. The fourth-order valence-electron chi connectivity index (χ4n) is 4.81. The van der Waals surface area contributed by atoms with Crippen molar-refractivity contribution in [1.82, 2.24) is 16.0 Å². The van der Waals surface area contributed by atoms with Gasteiger partial charge in [0.05, 0.1) is 7.11 Å². The van der Waals surface area contributed by atoms with Crippen LogP contribution in [0.1, 0.15) is 48.2 Å². The van der Waals surface area contributed by atoms with E-state index in [1.165, 1.54) is 13.2 Å². The zero-order chi connectivity index (χ0) is 34.4. The molecule has 2 unspecified atom stereocenters. The first kappa shape index (κ1) is 36.7. The third-order valence-corrected chi connectivity index (χ3v) is 9.29.